The number of hydrogen-bond acceptors (Lipinski definition) is 5. The molecule has 1 aliphatic rings. The Morgan fingerprint density at radius 2 is 2.16 bits per heavy atom. The summed E-state index contributed by atoms with van der Waals surface area (Å²) in [5.41, 5.74) is 9.75. The zero-order valence-electron chi connectivity index (χ0n) is 14.1. The topological polar surface area (TPSA) is 94.0 Å². The number of fused-ring (bicyclic) bond motifs is 1. The van der Waals surface area contributed by atoms with Gasteiger partial charge in [-0.25, -0.2) is 4.98 Å². The number of aryl methyl sites for hydroxylation is 1. The number of pyridine rings is 1. The molecule has 3 aromatic rings. The molecule has 6 heteroatoms. The number of nitrogen functional groups attached to an aromatic ring is 1. The number of nitrogens with two attached hydrogens (primary N) is 1. The van der Waals surface area contributed by atoms with Crippen LogP contribution >= 0.6 is 0 Å². The highest BCUT2D eigenvalue weighted by Crippen LogP contribution is 2.40. The van der Waals surface area contributed by atoms with Gasteiger partial charge in [0, 0.05) is 11.6 Å². The van der Waals surface area contributed by atoms with Gasteiger partial charge in [-0.2, -0.15) is 0 Å². The molecule has 0 unspecified atom stereocenters. The Kier molecular flexibility index (Phi) is 3.87. The summed E-state index contributed by atoms with van der Waals surface area (Å²) in [6.07, 6.45) is 3.85. The van der Waals surface area contributed by atoms with Gasteiger partial charge in [-0.05, 0) is 37.5 Å². The number of benzene rings is 1. The molecule has 0 spiro atoms. The van der Waals surface area contributed by atoms with Crippen LogP contribution < -0.4 is 11.1 Å². The van der Waals surface area contributed by atoms with Crippen LogP contribution in [0.25, 0.3) is 11.1 Å². The first kappa shape index (κ1) is 15.6. The summed E-state index contributed by atoms with van der Waals surface area (Å²) in [4.78, 5) is 17.5. The predicted octanol–water partition coefficient (Wildman–Crippen LogP) is 3.89. The van der Waals surface area contributed by atoms with Crippen LogP contribution in [0.4, 0.5) is 11.4 Å². The summed E-state index contributed by atoms with van der Waals surface area (Å²) in [6.45, 7) is 2.07. The quantitative estimate of drug-likeness (QED) is 0.689. The second-order valence-corrected chi connectivity index (χ2v) is 6.47. The molecule has 0 aliphatic heterocycles. The van der Waals surface area contributed by atoms with Crippen LogP contribution in [-0.4, -0.2) is 16.0 Å². The Bertz CT molecular complexity index is 944. The molecule has 6 nitrogen and oxygen atoms in total. The minimum atomic E-state index is -0.215. The zero-order chi connectivity index (χ0) is 17.4. The Morgan fingerprint density at radius 1 is 1.36 bits per heavy atom. The maximum atomic E-state index is 13.0. The summed E-state index contributed by atoms with van der Waals surface area (Å²) in [6, 6.07) is 9.10. The van der Waals surface area contributed by atoms with Gasteiger partial charge in [0.25, 0.3) is 11.6 Å². The zero-order valence-corrected chi connectivity index (χ0v) is 14.1. The van der Waals surface area contributed by atoms with Crippen molar-refractivity contribution in [3.8, 4) is 0 Å². The van der Waals surface area contributed by atoms with Crippen molar-refractivity contribution >= 4 is 28.4 Å². The minimum Gasteiger partial charge on any atom is -0.397 e. The van der Waals surface area contributed by atoms with Crippen LogP contribution in [0.2, 0.25) is 0 Å². The smallest absolute Gasteiger partial charge is 0.259 e. The van der Waals surface area contributed by atoms with E-state index in [1.165, 1.54) is 0 Å². The van der Waals surface area contributed by atoms with Crippen LogP contribution in [-0.2, 0) is 6.42 Å². The standard InChI is InChI=1S/C19H20N4O2/c1-2-5-15-17-12(18(24)21-14-7-4-3-6-13(14)20)10-16(11-8-9-11)22-19(17)25-23-15/h3-4,6-7,10-11H,2,5,8-9,20H2,1H3,(H,21,24). The molecule has 1 aromatic carbocycles. The van der Waals surface area contributed by atoms with Crippen molar-refractivity contribution in [2.75, 3.05) is 11.1 Å². The van der Waals surface area contributed by atoms with E-state index in [4.69, 9.17) is 10.3 Å². The summed E-state index contributed by atoms with van der Waals surface area (Å²) < 4.78 is 5.42. The van der Waals surface area contributed by atoms with Crippen molar-refractivity contribution in [1.82, 2.24) is 10.1 Å². The highest BCUT2D eigenvalue weighted by atomic mass is 16.5. The van der Waals surface area contributed by atoms with Crippen LogP contribution in [0, 0.1) is 0 Å². The first-order valence-electron chi connectivity index (χ1n) is 8.62. The lowest BCUT2D eigenvalue weighted by Gasteiger charge is -2.10. The molecule has 1 amide bonds. The molecular formula is C19H20N4O2. The lowest BCUT2D eigenvalue weighted by atomic mass is 10.0. The van der Waals surface area contributed by atoms with Gasteiger partial charge in [-0.15, -0.1) is 0 Å². The van der Waals surface area contributed by atoms with Gasteiger partial charge in [0.2, 0.25) is 0 Å². The molecule has 1 aliphatic carbocycles. The number of carbonyl (C=O) groups is 1. The lowest BCUT2D eigenvalue weighted by Crippen LogP contribution is -2.14. The van der Waals surface area contributed by atoms with E-state index in [9.17, 15) is 4.79 Å². The van der Waals surface area contributed by atoms with Crippen molar-refractivity contribution in [2.45, 2.75) is 38.5 Å². The van der Waals surface area contributed by atoms with E-state index < -0.39 is 0 Å². The number of para-hydroxylation sites is 2. The first-order valence-corrected chi connectivity index (χ1v) is 8.62. The molecule has 2 aromatic heterocycles. The van der Waals surface area contributed by atoms with Crippen molar-refractivity contribution in [1.29, 1.82) is 0 Å². The van der Waals surface area contributed by atoms with E-state index in [1.54, 1.807) is 12.1 Å². The molecule has 0 radical (unpaired) electrons. The van der Waals surface area contributed by atoms with E-state index in [2.05, 4.69) is 22.4 Å². The number of carbonyl (C=O) groups excluding carboxylic acids is 1. The van der Waals surface area contributed by atoms with Crippen molar-refractivity contribution in [3.05, 3.63) is 47.3 Å². The second kappa shape index (κ2) is 6.20. The highest BCUT2D eigenvalue weighted by molar-refractivity contribution is 6.13. The molecule has 3 N–H and O–H groups in total. The third-order valence-electron chi connectivity index (χ3n) is 4.47. The molecule has 25 heavy (non-hydrogen) atoms. The van der Waals surface area contributed by atoms with Crippen molar-refractivity contribution in [3.63, 3.8) is 0 Å². The number of amides is 1. The highest BCUT2D eigenvalue weighted by Gasteiger charge is 2.29. The second-order valence-electron chi connectivity index (χ2n) is 6.47. The van der Waals surface area contributed by atoms with Gasteiger partial charge in [-0.3, -0.25) is 4.79 Å². The molecule has 0 saturated heterocycles. The fourth-order valence-corrected chi connectivity index (χ4v) is 3.00. The monoisotopic (exact) mass is 336 g/mol. The predicted molar refractivity (Wildman–Crippen MR) is 96.6 cm³/mol. The first-order chi connectivity index (χ1) is 12.2. The van der Waals surface area contributed by atoms with E-state index >= 15 is 0 Å². The Hall–Kier alpha value is -2.89. The van der Waals surface area contributed by atoms with Gasteiger partial charge in [-0.1, -0.05) is 30.6 Å². The third kappa shape index (κ3) is 2.95. The average molecular weight is 336 g/mol. The molecule has 0 atom stereocenters. The fourth-order valence-electron chi connectivity index (χ4n) is 3.00. The molecule has 1 fully saturated rings. The van der Waals surface area contributed by atoms with E-state index in [0.29, 0.717) is 34.0 Å². The fraction of sp³-hybridized carbons (Fsp3) is 0.316. The van der Waals surface area contributed by atoms with Gasteiger partial charge >= 0.3 is 0 Å². The largest absolute Gasteiger partial charge is 0.397 e. The van der Waals surface area contributed by atoms with Gasteiger partial charge in [0.1, 0.15) is 0 Å². The SMILES string of the molecule is CCCc1noc2nc(C3CC3)cc(C(=O)Nc3ccccc3N)c12. The number of nitrogens with zero attached hydrogens (tertiary/aromatic N) is 2. The summed E-state index contributed by atoms with van der Waals surface area (Å²) in [5, 5.41) is 7.74. The summed E-state index contributed by atoms with van der Waals surface area (Å²) >= 11 is 0. The Morgan fingerprint density at radius 3 is 2.88 bits per heavy atom. The lowest BCUT2D eigenvalue weighted by molar-refractivity contribution is 0.102. The number of anilines is 2. The van der Waals surface area contributed by atoms with Gasteiger partial charge in [0.05, 0.1) is 28.0 Å². The molecule has 0 bridgehead atoms. The maximum absolute atomic E-state index is 13.0. The molecule has 128 valence electrons. The van der Waals surface area contributed by atoms with Crippen LogP contribution in [0.1, 0.15) is 53.8 Å². The van der Waals surface area contributed by atoms with Crippen molar-refractivity contribution < 1.29 is 9.32 Å². The minimum absolute atomic E-state index is 0.215. The van der Waals surface area contributed by atoms with Gasteiger partial charge in [0.15, 0.2) is 0 Å². The Balaban J connectivity index is 1.79. The summed E-state index contributed by atoms with van der Waals surface area (Å²) in [7, 11) is 0. The number of aromatic nitrogens is 2. The Labute approximate surface area is 145 Å². The third-order valence-corrected chi connectivity index (χ3v) is 4.47. The van der Waals surface area contributed by atoms with Crippen LogP contribution in [0.15, 0.2) is 34.9 Å². The van der Waals surface area contributed by atoms with E-state index in [-0.39, 0.29) is 5.91 Å². The van der Waals surface area contributed by atoms with Crippen LogP contribution in [0.5, 0.6) is 0 Å². The summed E-state index contributed by atoms with van der Waals surface area (Å²) in [5.74, 6) is 0.199. The average Bonchev–Trinajstić information content (AvgIpc) is 3.39. The normalized spacial score (nSPS) is 14.0. The molecule has 2 heterocycles. The van der Waals surface area contributed by atoms with Gasteiger partial charge < -0.3 is 15.6 Å². The number of nitrogens with one attached hydrogen (secondary N) is 1. The van der Waals surface area contributed by atoms with E-state index in [1.807, 2.05) is 18.2 Å². The number of rotatable bonds is 5. The molecular weight excluding hydrogens is 316 g/mol. The van der Waals surface area contributed by atoms with Crippen LogP contribution in [0.3, 0.4) is 0 Å². The number of hydrogen-bond donors (Lipinski definition) is 2. The maximum Gasteiger partial charge on any atom is 0.259 e. The molecule has 4 rings (SSSR count). The van der Waals surface area contributed by atoms with E-state index in [0.717, 1.165) is 37.1 Å². The van der Waals surface area contributed by atoms with Crippen molar-refractivity contribution in [2.24, 2.45) is 0 Å². The molecule has 1 saturated carbocycles.